The molecular weight excluding hydrogens is 258 g/mol. The third-order valence-electron chi connectivity index (χ3n) is 4.50. The van der Waals surface area contributed by atoms with Crippen molar-refractivity contribution >= 4 is 5.78 Å². The van der Waals surface area contributed by atoms with Gasteiger partial charge in [0.15, 0.2) is 0 Å². The molecule has 1 aliphatic carbocycles. The lowest BCUT2D eigenvalue weighted by molar-refractivity contribution is -0.120. The molecule has 0 saturated carbocycles. The molecule has 1 N–H and O–H groups in total. The largest absolute Gasteiger partial charge is 0.307 e. The van der Waals surface area contributed by atoms with Crippen molar-refractivity contribution in [1.82, 2.24) is 5.32 Å². The zero-order valence-corrected chi connectivity index (χ0v) is 14.6. The average molecular weight is 289 g/mol. The summed E-state index contributed by atoms with van der Waals surface area (Å²) in [6.45, 7) is 14.5. The Labute approximate surface area is 130 Å². The Morgan fingerprint density at radius 3 is 2.05 bits per heavy atom. The van der Waals surface area contributed by atoms with Crippen LogP contribution in [0, 0.1) is 11.8 Å². The summed E-state index contributed by atoms with van der Waals surface area (Å²) in [4.78, 5) is 12.0. The first-order chi connectivity index (χ1) is 9.93. The van der Waals surface area contributed by atoms with Gasteiger partial charge in [-0.1, -0.05) is 65.8 Å². The van der Waals surface area contributed by atoms with E-state index in [9.17, 15) is 4.79 Å². The summed E-state index contributed by atoms with van der Waals surface area (Å²) < 4.78 is 0. The molecule has 118 valence electrons. The van der Waals surface area contributed by atoms with Crippen LogP contribution in [-0.2, 0) is 4.79 Å². The molecule has 21 heavy (non-hydrogen) atoms. The van der Waals surface area contributed by atoms with Crippen LogP contribution in [0.2, 0.25) is 0 Å². The quantitative estimate of drug-likeness (QED) is 0.873. The first kappa shape index (κ1) is 17.9. The molecule has 0 amide bonds. The molecule has 4 unspecified atom stereocenters. The van der Waals surface area contributed by atoms with Gasteiger partial charge in [-0.15, -0.1) is 0 Å². The minimum atomic E-state index is 0.0522. The first-order valence-electron chi connectivity index (χ1n) is 8.28. The second-order valence-corrected chi connectivity index (χ2v) is 6.23. The van der Waals surface area contributed by atoms with E-state index in [4.69, 9.17) is 0 Å². The Bertz CT molecular complexity index is 466. The van der Waals surface area contributed by atoms with Crippen LogP contribution in [0.4, 0.5) is 0 Å². The van der Waals surface area contributed by atoms with Gasteiger partial charge in [0.2, 0.25) is 0 Å². The normalized spacial score (nSPS) is 27.6. The maximum atomic E-state index is 12.0. The Kier molecular flexibility index (Phi) is 6.60. The Morgan fingerprint density at radius 2 is 1.57 bits per heavy atom. The van der Waals surface area contributed by atoms with E-state index in [-0.39, 0.29) is 11.7 Å². The van der Waals surface area contributed by atoms with E-state index in [1.807, 2.05) is 19.9 Å². The minimum absolute atomic E-state index is 0.0522. The standard InChI is InChI=1S/C17H25NO.C2H6/c1-10(2)18-17-12(4)11(3)16(13(5)19)14-8-6-7-9-15(14)17;1-2/h6-12,16-18H,1-5H3;1-2H3. The van der Waals surface area contributed by atoms with Crippen LogP contribution >= 0.6 is 0 Å². The van der Waals surface area contributed by atoms with Gasteiger partial charge in [-0.2, -0.15) is 0 Å². The molecule has 0 aliphatic heterocycles. The van der Waals surface area contributed by atoms with E-state index in [2.05, 4.69) is 51.2 Å². The van der Waals surface area contributed by atoms with E-state index in [0.29, 0.717) is 23.9 Å². The highest BCUT2D eigenvalue weighted by atomic mass is 16.1. The van der Waals surface area contributed by atoms with E-state index < -0.39 is 0 Å². The van der Waals surface area contributed by atoms with Crippen molar-refractivity contribution in [2.45, 2.75) is 66.5 Å². The molecule has 2 heteroatoms. The van der Waals surface area contributed by atoms with E-state index in [1.54, 1.807) is 6.92 Å². The second kappa shape index (κ2) is 7.74. The molecule has 0 heterocycles. The van der Waals surface area contributed by atoms with Gasteiger partial charge < -0.3 is 5.32 Å². The fourth-order valence-corrected chi connectivity index (χ4v) is 3.44. The monoisotopic (exact) mass is 289 g/mol. The predicted molar refractivity (Wildman–Crippen MR) is 90.6 cm³/mol. The van der Waals surface area contributed by atoms with Crippen LogP contribution in [0.1, 0.15) is 71.6 Å². The van der Waals surface area contributed by atoms with Gasteiger partial charge >= 0.3 is 0 Å². The first-order valence-corrected chi connectivity index (χ1v) is 8.28. The van der Waals surface area contributed by atoms with Crippen LogP contribution in [-0.4, -0.2) is 11.8 Å². The van der Waals surface area contributed by atoms with E-state index in [1.165, 1.54) is 11.1 Å². The maximum absolute atomic E-state index is 12.0. The van der Waals surface area contributed by atoms with Crippen LogP contribution in [0.15, 0.2) is 24.3 Å². The van der Waals surface area contributed by atoms with Gasteiger partial charge in [0.05, 0.1) is 0 Å². The Hall–Kier alpha value is -1.15. The molecule has 0 spiro atoms. The molecule has 1 aromatic carbocycles. The summed E-state index contributed by atoms with van der Waals surface area (Å²) in [6.07, 6.45) is 0. The highest BCUT2D eigenvalue weighted by molar-refractivity contribution is 5.84. The number of carbonyl (C=O) groups is 1. The number of benzene rings is 1. The van der Waals surface area contributed by atoms with Gasteiger partial charge in [0.25, 0.3) is 0 Å². The van der Waals surface area contributed by atoms with Crippen molar-refractivity contribution in [1.29, 1.82) is 0 Å². The van der Waals surface area contributed by atoms with Crippen LogP contribution in [0.25, 0.3) is 0 Å². The number of Topliss-reactive ketones (excluding diaryl/α,β-unsaturated/α-hetero) is 1. The molecule has 0 aromatic heterocycles. The van der Waals surface area contributed by atoms with Gasteiger partial charge in [-0.3, -0.25) is 4.79 Å². The van der Waals surface area contributed by atoms with Crippen LogP contribution in [0.5, 0.6) is 0 Å². The Morgan fingerprint density at radius 1 is 1.05 bits per heavy atom. The molecule has 0 radical (unpaired) electrons. The van der Waals surface area contributed by atoms with E-state index >= 15 is 0 Å². The molecule has 0 saturated heterocycles. The molecule has 1 aliphatic rings. The van der Waals surface area contributed by atoms with Crippen molar-refractivity contribution in [2.75, 3.05) is 0 Å². The second-order valence-electron chi connectivity index (χ2n) is 6.23. The topological polar surface area (TPSA) is 29.1 Å². The number of carbonyl (C=O) groups excluding carboxylic acids is 1. The highest BCUT2D eigenvalue weighted by Gasteiger charge is 2.39. The summed E-state index contributed by atoms with van der Waals surface area (Å²) in [7, 11) is 0. The number of nitrogens with one attached hydrogen (secondary N) is 1. The Balaban J connectivity index is 0.00000106. The SMILES string of the molecule is CC.CC(=O)C1c2ccccc2C(NC(C)C)C(C)C1C. The summed E-state index contributed by atoms with van der Waals surface area (Å²) >= 11 is 0. The molecule has 2 rings (SSSR count). The molecular formula is C19H31NO. The lowest BCUT2D eigenvalue weighted by Gasteiger charge is -2.42. The molecule has 2 nitrogen and oxygen atoms in total. The van der Waals surface area contributed by atoms with Crippen molar-refractivity contribution in [3.63, 3.8) is 0 Å². The lowest BCUT2D eigenvalue weighted by Crippen LogP contribution is -2.41. The minimum Gasteiger partial charge on any atom is -0.307 e. The van der Waals surface area contributed by atoms with Gasteiger partial charge in [-0.25, -0.2) is 0 Å². The van der Waals surface area contributed by atoms with Crippen LogP contribution < -0.4 is 5.32 Å². The maximum Gasteiger partial charge on any atom is 0.137 e. The third-order valence-corrected chi connectivity index (χ3v) is 4.50. The molecule has 1 aromatic rings. The van der Waals surface area contributed by atoms with Crippen LogP contribution in [0.3, 0.4) is 0 Å². The fourth-order valence-electron chi connectivity index (χ4n) is 3.44. The van der Waals surface area contributed by atoms with Gasteiger partial charge in [0.1, 0.15) is 5.78 Å². The van der Waals surface area contributed by atoms with Crippen molar-refractivity contribution in [3.05, 3.63) is 35.4 Å². The number of hydrogen-bond acceptors (Lipinski definition) is 2. The predicted octanol–water partition coefficient (Wildman–Crippen LogP) is 4.71. The van der Waals surface area contributed by atoms with E-state index in [0.717, 1.165) is 0 Å². The number of ketones is 1. The lowest BCUT2D eigenvalue weighted by atomic mass is 9.66. The highest BCUT2D eigenvalue weighted by Crippen LogP contribution is 2.45. The molecule has 0 bridgehead atoms. The fraction of sp³-hybridized carbons (Fsp3) is 0.632. The smallest absolute Gasteiger partial charge is 0.137 e. The molecule has 4 atom stereocenters. The number of hydrogen-bond donors (Lipinski definition) is 1. The molecule has 0 fully saturated rings. The zero-order chi connectivity index (χ0) is 16.2. The number of rotatable bonds is 3. The summed E-state index contributed by atoms with van der Waals surface area (Å²) in [6, 6.07) is 9.22. The van der Waals surface area contributed by atoms with Crippen molar-refractivity contribution < 1.29 is 4.79 Å². The van der Waals surface area contributed by atoms with Crippen molar-refractivity contribution in [2.24, 2.45) is 11.8 Å². The van der Waals surface area contributed by atoms with Gasteiger partial charge in [0, 0.05) is 18.0 Å². The summed E-state index contributed by atoms with van der Waals surface area (Å²) in [5.41, 5.74) is 2.53. The zero-order valence-electron chi connectivity index (χ0n) is 14.6. The number of fused-ring (bicyclic) bond motifs is 1. The summed E-state index contributed by atoms with van der Waals surface area (Å²) in [5, 5.41) is 3.67. The van der Waals surface area contributed by atoms with Gasteiger partial charge in [-0.05, 0) is 29.9 Å². The van der Waals surface area contributed by atoms with Crippen molar-refractivity contribution in [3.8, 4) is 0 Å². The third kappa shape index (κ3) is 3.74. The summed E-state index contributed by atoms with van der Waals surface area (Å²) in [5.74, 6) is 1.18. The average Bonchev–Trinajstić information content (AvgIpc) is 2.45.